The molecule has 0 spiro atoms. The second-order valence-electron chi connectivity index (χ2n) is 3.88. The first kappa shape index (κ1) is 14.7. The molecule has 0 unspecified atom stereocenters. The Hall–Kier alpha value is -1.73. The summed E-state index contributed by atoms with van der Waals surface area (Å²) in [4.78, 5) is 22.1. The van der Waals surface area contributed by atoms with Gasteiger partial charge in [0.1, 0.15) is 0 Å². The second-order valence-corrected chi connectivity index (χ2v) is 5.65. The molecular formula is C13H8Br2N2O3. The lowest BCUT2D eigenvalue weighted by Gasteiger charge is -2.07. The van der Waals surface area contributed by atoms with Gasteiger partial charge in [-0.1, -0.05) is 15.9 Å². The number of nitrogens with one attached hydrogen (secondary N) is 1. The van der Waals surface area contributed by atoms with Crippen LogP contribution in [0.2, 0.25) is 0 Å². The van der Waals surface area contributed by atoms with Crippen molar-refractivity contribution in [2.75, 3.05) is 5.32 Å². The van der Waals surface area contributed by atoms with E-state index in [1.165, 1.54) is 24.3 Å². The van der Waals surface area contributed by atoms with Crippen LogP contribution in [-0.2, 0) is 0 Å². The first-order valence-electron chi connectivity index (χ1n) is 5.48. The SMILES string of the molecule is O=C(Nc1ccc(Br)cc1Br)c1ccc([N+](=O)[O-])cc1. The fraction of sp³-hybridized carbons (Fsp3) is 0. The lowest BCUT2D eigenvalue weighted by Crippen LogP contribution is -2.12. The second kappa shape index (κ2) is 6.15. The Bertz CT molecular complexity index is 672. The van der Waals surface area contributed by atoms with Crippen LogP contribution in [0.15, 0.2) is 51.4 Å². The van der Waals surface area contributed by atoms with E-state index in [4.69, 9.17) is 0 Å². The lowest BCUT2D eigenvalue weighted by molar-refractivity contribution is -0.384. The van der Waals surface area contributed by atoms with Crippen LogP contribution in [0.25, 0.3) is 0 Å². The molecule has 1 N–H and O–H groups in total. The Morgan fingerprint density at radius 3 is 2.30 bits per heavy atom. The summed E-state index contributed by atoms with van der Waals surface area (Å²) in [6, 6.07) is 10.8. The minimum absolute atomic E-state index is 0.0497. The normalized spacial score (nSPS) is 10.1. The number of non-ortho nitro benzene ring substituents is 1. The molecule has 0 aliphatic heterocycles. The number of hydrogen-bond acceptors (Lipinski definition) is 3. The van der Waals surface area contributed by atoms with Crippen molar-refractivity contribution in [2.24, 2.45) is 0 Å². The number of carbonyl (C=O) groups is 1. The smallest absolute Gasteiger partial charge is 0.269 e. The Labute approximate surface area is 131 Å². The summed E-state index contributed by atoms with van der Waals surface area (Å²) in [5.41, 5.74) is 0.924. The number of amides is 1. The zero-order valence-electron chi connectivity index (χ0n) is 9.97. The van der Waals surface area contributed by atoms with Crippen molar-refractivity contribution >= 4 is 49.1 Å². The van der Waals surface area contributed by atoms with Gasteiger partial charge in [0.15, 0.2) is 0 Å². The first-order chi connectivity index (χ1) is 9.47. The van der Waals surface area contributed by atoms with E-state index in [0.717, 1.165) is 8.95 Å². The predicted molar refractivity (Wildman–Crippen MR) is 82.9 cm³/mol. The van der Waals surface area contributed by atoms with Gasteiger partial charge in [-0.3, -0.25) is 14.9 Å². The molecule has 102 valence electrons. The molecule has 2 aromatic rings. The molecule has 5 nitrogen and oxygen atoms in total. The molecule has 0 atom stereocenters. The summed E-state index contributed by atoms with van der Waals surface area (Å²) < 4.78 is 1.62. The third kappa shape index (κ3) is 3.43. The Morgan fingerprint density at radius 1 is 1.10 bits per heavy atom. The van der Waals surface area contributed by atoms with Gasteiger partial charge in [0.2, 0.25) is 0 Å². The van der Waals surface area contributed by atoms with Gasteiger partial charge in [0.25, 0.3) is 11.6 Å². The number of nitro benzene ring substituents is 1. The van der Waals surface area contributed by atoms with Crippen LogP contribution < -0.4 is 5.32 Å². The standard InChI is InChI=1S/C13H8Br2N2O3/c14-9-3-6-12(11(15)7-9)16-13(18)8-1-4-10(5-2-8)17(19)20/h1-7H,(H,16,18). The lowest BCUT2D eigenvalue weighted by atomic mass is 10.2. The molecule has 0 fully saturated rings. The van der Waals surface area contributed by atoms with E-state index >= 15 is 0 Å². The van der Waals surface area contributed by atoms with Crippen molar-refractivity contribution in [3.05, 3.63) is 67.1 Å². The van der Waals surface area contributed by atoms with E-state index in [2.05, 4.69) is 37.2 Å². The molecule has 0 saturated carbocycles. The molecule has 0 bridgehead atoms. The minimum atomic E-state index is -0.507. The zero-order chi connectivity index (χ0) is 14.7. The van der Waals surface area contributed by atoms with Crippen LogP contribution in [0.4, 0.5) is 11.4 Å². The van der Waals surface area contributed by atoms with Gasteiger partial charge in [-0.2, -0.15) is 0 Å². The molecule has 0 heterocycles. The van der Waals surface area contributed by atoms with Gasteiger partial charge in [-0.25, -0.2) is 0 Å². The molecule has 7 heteroatoms. The van der Waals surface area contributed by atoms with Gasteiger partial charge in [0.05, 0.1) is 10.6 Å². The fourth-order valence-electron chi connectivity index (χ4n) is 1.52. The number of benzene rings is 2. The summed E-state index contributed by atoms with van der Waals surface area (Å²) in [5.74, 6) is -0.331. The fourth-order valence-corrected chi connectivity index (χ4v) is 2.67. The van der Waals surface area contributed by atoms with E-state index in [-0.39, 0.29) is 11.6 Å². The number of halogens is 2. The van der Waals surface area contributed by atoms with E-state index in [1.54, 1.807) is 12.1 Å². The third-order valence-corrected chi connectivity index (χ3v) is 3.67. The summed E-state index contributed by atoms with van der Waals surface area (Å²) in [6.07, 6.45) is 0. The molecular weight excluding hydrogens is 392 g/mol. The molecule has 1 amide bonds. The number of nitro groups is 1. The highest BCUT2D eigenvalue weighted by molar-refractivity contribution is 9.11. The zero-order valence-corrected chi connectivity index (χ0v) is 13.1. The average molecular weight is 400 g/mol. The van der Waals surface area contributed by atoms with E-state index in [0.29, 0.717) is 11.3 Å². The van der Waals surface area contributed by atoms with E-state index < -0.39 is 4.92 Å². The monoisotopic (exact) mass is 398 g/mol. The van der Waals surface area contributed by atoms with Crippen LogP contribution in [0, 0.1) is 10.1 Å². The number of rotatable bonds is 3. The third-order valence-electron chi connectivity index (χ3n) is 2.52. The van der Waals surface area contributed by atoms with Crippen molar-refractivity contribution in [3.63, 3.8) is 0 Å². The van der Waals surface area contributed by atoms with Gasteiger partial charge < -0.3 is 5.32 Å². The molecule has 20 heavy (non-hydrogen) atoms. The van der Waals surface area contributed by atoms with Crippen LogP contribution in [0.1, 0.15) is 10.4 Å². The molecule has 0 aromatic heterocycles. The number of hydrogen-bond donors (Lipinski definition) is 1. The first-order valence-corrected chi connectivity index (χ1v) is 7.07. The maximum absolute atomic E-state index is 12.0. The topological polar surface area (TPSA) is 72.2 Å². The van der Waals surface area contributed by atoms with Crippen molar-refractivity contribution in [1.29, 1.82) is 0 Å². The number of carbonyl (C=O) groups excluding carboxylic acids is 1. The van der Waals surface area contributed by atoms with Crippen LogP contribution >= 0.6 is 31.9 Å². The van der Waals surface area contributed by atoms with Gasteiger partial charge in [-0.05, 0) is 46.3 Å². The van der Waals surface area contributed by atoms with Crippen LogP contribution in [0.5, 0.6) is 0 Å². The van der Waals surface area contributed by atoms with Crippen molar-refractivity contribution in [2.45, 2.75) is 0 Å². The van der Waals surface area contributed by atoms with Crippen molar-refractivity contribution < 1.29 is 9.72 Å². The molecule has 0 saturated heterocycles. The Balaban J connectivity index is 2.17. The Morgan fingerprint density at radius 2 is 1.75 bits per heavy atom. The minimum Gasteiger partial charge on any atom is -0.321 e. The largest absolute Gasteiger partial charge is 0.321 e. The molecule has 2 rings (SSSR count). The maximum atomic E-state index is 12.0. The van der Waals surface area contributed by atoms with E-state index in [1.807, 2.05) is 6.07 Å². The highest BCUT2D eigenvalue weighted by Gasteiger charge is 2.11. The van der Waals surface area contributed by atoms with Crippen LogP contribution in [-0.4, -0.2) is 10.8 Å². The quantitative estimate of drug-likeness (QED) is 0.615. The molecule has 0 aliphatic rings. The Kier molecular flexibility index (Phi) is 4.51. The highest BCUT2D eigenvalue weighted by atomic mass is 79.9. The molecule has 2 aromatic carbocycles. The average Bonchev–Trinajstić information content (AvgIpc) is 2.42. The summed E-state index contributed by atoms with van der Waals surface area (Å²) >= 11 is 6.67. The number of anilines is 1. The molecule has 0 aliphatic carbocycles. The van der Waals surface area contributed by atoms with Crippen molar-refractivity contribution in [1.82, 2.24) is 0 Å². The van der Waals surface area contributed by atoms with Gasteiger partial charge in [-0.15, -0.1) is 0 Å². The van der Waals surface area contributed by atoms with E-state index in [9.17, 15) is 14.9 Å². The summed E-state index contributed by atoms with van der Waals surface area (Å²) in [5, 5.41) is 13.3. The number of nitrogens with zero attached hydrogens (tertiary/aromatic N) is 1. The predicted octanol–water partition coefficient (Wildman–Crippen LogP) is 4.37. The van der Waals surface area contributed by atoms with Gasteiger partial charge >= 0.3 is 0 Å². The summed E-state index contributed by atoms with van der Waals surface area (Å²) in [6.45, 7) is 0. The molecule has 0 radical (unpaired) electrons. The van der Waals surface area contributed by atoms with Crippen molar-refractivity contribution in [3.8, 4) is 0 Å². The highest BCUT2D eigenvalue weighted by Crippen LogP contribution is 2.26. The van der Waals surface area contributed by atoms with Gasteiger partial charge in [0, 0.05) is 26.6 Å². The maximum Gasteiger partial charge on any atom is 0.269 e. The summed E-state index contributed by atoms with van der Waals surface area (Å²) in [7, 11) is 0. The van der Waals surface area contributed by atoms with Crippen LogP contribution in [0.3, 0.4) is 0 Å².